The van der Waals surface area contributed by atoms with Crippen LogP contribution in [0.5, 0.6) is 0 Å². The van der Waals surface area contributed by atoms with E-state index in [4.69, 9.17) is 12.2 Å². The van der Waals surface area contributed by atoms with Crippen molar-refractivity contribution >= 4 is 46.2 Å². The summed E-state index contributed by atoms with van der Waals surface area (Å²) in [4.78, 5) is 25.6. The minimum absolute atomic E-state index is 0.00870. The molecule has 27 heavy (non-hydrogen) atoms. The van der Waals surface area contributed by atoms with Crippen LogP contribution >= 0.6 is 24.0 Å². The lowest BCUT2D eigenvalue weighted by molar-refractivity contribution is -0.123. The van der Waals surface area contributed by atoms with E-state index in [2.05, 4.69) is 26.2 Å². The number of hydrogen-bond donors (Lipinski definition) is 1. The maximum atomic E-state index is 12.6. The molecule has 0 saturated carbocycles. The maximum absolute atomic E-state index is 12.6. The van der Waals surface area contributed by atoms with Gasteiger partial charge < -0.3 is 4.57 Å². The van der Waals surface area contributed by atoms with Crippen LogP contribution in [0.1, 0.15) is 42.4 Å². The Kier molecular flexibility index (Phi) is 5.26. The molecule has 0 aliphatic carbocycles. The van der Waals surface area contributed by atoms with Gasteiger partial charge in [-0.05, 0) is 53.5 Å². The fourth-order valence-corrected chi connectivity index (χ4v) is 3.77. The molecular weight excluding hydrogens is 378 g/mol. The second-order valence-corrected chi connectivity index (χ2v) is 9.01. The average molecular weight is 400 g/mol. The number of thioether (sulfide) groups is 1. The van der Waals surface area contributed by atoms with Crippen LogP contribution in [0.3, 0.4) is 0 Å². The minimum Gasteiger partial charge on any atom is -0.351 e. The highest BCUT2D eigenvalue weighted by atomic mass is 32.2. The van der Waals surface area contributed by atoms with Crippen molar-refractivity contribution in [1.82, 2.24) is 15.0 Å². The molecule has 5 nitrogen and oxygen atoms in total. The largest absolute Gasteiger partial charge is 0.351 e. The first-order valence-corrected chi connectivity index (χ1v) is 9.70. The number of hydrogen-bond acceptors (Lipinski definition) is 4. The van der Waals surface area contributed by atoms with Crippen LogP contribution in [0.4, 0.5) is 0 Å². The topological polar surface area (TPSA) is 54.3 Å². The lowest BCUT2D eigenvalue weighted by Crippen LogP contribution is -2.44. The monoisotopic (exact) mass is 399 g/mol. The molecule has 0 atom stereocenters. The number of nitrogens with one attached hydrogen (secondary N) is 1. The van der Waals surface area contributed by atoms with Crippen molar-refractivity contribution in [1.29, 1.82) is 0 Å². The third kappa shape index (κ3) is 4.14. The minimum atomic E-state index is -0.369. The number of nitrogens with zero attached hydrogens (tertiary/aromatic N) is 2. The van der Waals surface area contributed by atoms with E-state index < -0.39 is 0 Å². The molecule has 140 valence electrons. The van der Waals surface area contributed by atoms with Gasteiger partial charge in [0.2, 0.25) is 0 Å². The number of amides is 2. The molecule has 0 radical (unpaired) electrons. The molecule has 2 amide bonds. The fraction of sp³-hybridized carbons (Fsp3) is 0.250. The lowest BCUT2D eigenvalue weighted by atomic mass is 9.87. The van der Waals surface area contributed by atoms with Crippen molar-refractivity contribution < 1.29 is 9.59 Å². The number of hydrazine groups is 1. The Morgan fingerprint density at radius 1 is 1.19 bits per heavy atom. The standard InChI is InChI=1S/C20H21N3O2S2/c1-20(2,3)14-9-7-13(8-10-14)17(24)21-23-18(25)16(27-19(23)26)12-15-6-5-11-22(15)4/h5-12H,1-4H3,(H,21,24). The molecule has 1 aromatic heterocycles. The van der Waals surface area contributed by atoms with E-state index in [0.717, 1.165) is 16.3 Å². The van der Waals surface area contributed by atoms with Gasteiger partial charge in [0, 0.05) is 24.5 Å². The van der Waals surface area contributed by atoms with E-state index in [0.29, 0.717) is 14.8 Å². The SMILES string of the molecule is Cn1cccc1C=C1SC(=S)N(NC(=O)c2ccc(C(C)(C)C)cc2)C1=O. The number of thiocarbonyl (C=S) groups is 1. The van der Waals surface area contributed by atoms with Crippen molar-refractivity contribution in [2.75, 3.05) is 0 Å². The van der Waals surface area contributed by atoms with Gasteiger partial charge in [0.25, 0.3) is 11.8 Å². The summed E-state index contributed by atoms with van der Waals surface area (Å²) in [6, 6.07) is 11.2. The molecule has 1 fully saturated rings. The number of aromatic nitrogens is 1. The Morgan fingerprint density at radius 2 is 1.85 bits per heavy atom. The summed E-state index contributed by atoms with van der Waals surface area (Å²) in [5.74, 6) is -0.697. The van der Waals surface area contributed by atoms with Gasteiger partial charge in [-0.3, -0.25) is 15.0 Å². The van der Waals surface area contributed by atoms with Gasteiger partial charge >= 0.3 is 0 Å². The Bertz CT molecular complexity index is 937. The normalized spacial score (nSPS) is 16.3. The molecule has 1 aromatic carbocycles. The van der Waals surface area contributed by atoms with Crippen molar-refractivity contribution in [3.63, 3.8) is 0 Å². The first-order chi connectivity index (χ1) is 12.7. The van der Waals surface area contributed by atoms with Crippen LogP contribution in [-0.4, -0.2) is 25.7 Å². The molecule has 1 aliphatic heterocycles. The summed E-state index contributed by atoms with van der Waals surface area (Å²) >= 11 is 6.44. The number of aryl methyl sites for hydroxylation is 1. The molecular formula is C20H21N3O2S2. The summed E-state index contributed by atoms with van der Waals surface area (Å²) in [5, 5.41) is 1.13. The predicted molar refractivity (Wildman–Crippen MR) is 113 cm³/mol. The summed E-state index contributed by atoms with van der Waals surface area (Å²) in [6.07, 6.45) is 3.67. The highest BCUT2D eigenvalue weighted by Gasteiger charge is 2.34. The van der Waals surface area contributed by atoms with E-state index in [9.17, 15) is 9.59 Å². The maximum Gasteiger partial charge on any atom is 0.285 e. The summed E-state index contributed by atoms with van der Waals surface area (Å²) in [6.45, 7) is 6.34. The summed E-state index contributed by atoms with van der Waals surface area (Å²) < 4.78 is 2.21. The second-order valence-electron chi connectivity index (χ2n) is 7.33. The number of benzene rings is 1. The van der Waals surface area contributed by atoms with Crippen LogP contribution in [-0.2, 0) is 17.3 Å². The van der Waals surface area contributed by atoms with E-state index in [1.165, 1.54) is 11.8 Å². The van der Waals surface area contributed by atoms with Gasteiger partial charge in [-0.1, -0.05) is 44.7 Å². The number of rotatable bonds is 3. The zero-order valence-corrected chi connectivity index (χ0v) is 17.3. The van der Waals surface area contributed by atoms with Crippen molar-refractivity contribution in [2.24, 2.45) is 7.05 Å². The summed E-state index contributed by atoms with van der Waals surface area (Å²) in [7, 11) is 1.90. The third-order valence-corrected chi connectivity index (χ3v) is 5.59. The Hall–Kier alpha value is -2.38. The molecule has 2 aromatic rings. The van der Waals surface area contributed by atoms with Gasteiger partial charge in [0.15, 0.2) is 4.32 Å². The lowest BCUT2D eigenvalue weighted by Gasteiger charge is -2.19. The molecule has 1 aliphatic rings. The number of carbonyl (C=O) groups excluding carboxylic acids is 2. The van der Waals surface area contributed by atoms with Crippen LogP contribution in [0.25, 0.3) is 6.08 Å². The van der Waals surface area contributed by atoms with Gasteiger partial charge in [-0.25, -0.2) is 0 Å². The van der Waals surface area contributed by atoms with Crippen LogP contribution in [0.15, 0.2) is 47.5 Å². The van der Waals surface area contributed by atoms with E-state index >= 15 is 0 Å². The molecule has 3 rings (SSSR count). The molecule has 2 heterocycles. The molecule has 0 bridgehead atoms. The second kappa shape index (κ2) is 7.32. The zero-order chi connectivity index (χ0) is 19.8. The highest BCUT2D eigenvalue weighted by molar-refractivity contribution is 8.26. The quantitative estimate of drug-likeness (QED) is 0.629. The Morgan fingerprint density at radius 3 is 2.41 bits per heavy atom. The van der Waals surface area contributed by atoms with Gasteiger partial charge in [-0.15, -0.1) is 0 Å². The third-order valence-electron chi connectivity index (χ3n) is 4.28. The Labute approximate surface area is 168 Å². The van der Waals surface area contributed by atoms with E-state index in [1.54, 1.807) is 18.2 Å². The van der Waals surface area contributed by atoms with Crippen molar-refractivity contribution in [3.8, 4) is 0 Å². The van der Waals surface area contributed by atoms with E-state index in [1.807, 2.05) is 42.1 Å². The van der Waals surface area contributed by atoms with Gasteiger partial charge in [-0.2, -0.15) is 5.01 Å². The first kappa shape index (κ1) is 19.4. The molecule has 1 saturated heterocycles. The first-order valence-electron chi connectivity index (χ1n) is 8.47. The molecule has 7 heteroatoms. The number of carbonyl (C=O) groups is 2. The Balaban J connectivity index is 1.74. The molecule has 0 spiro atoms. The predicted octanol–water partition coefficient (Wildman–Crippen LogP) is 3.87. The van der Waals surface area contributed by atoms with Crippen LogP contribution < -0.4 is 5.43 Å². The zero-order valence-electron chi connectivity index (χ0n) is 15.6. The fourth-order valence-electron chi connectivity index (χ4n) is 2.61. The van der Waals surface area contributed by atoms with Crippen LogP contribution in [0.2, 0.25) is 0 Å². The van der Waals surface area contributed by atoms with Crippen molar-refractivity contribution in [2.45, 2.75) is 26.2 Å². The van der Waals surface area contributed by atoms with Crippen molar-refractivity contribution in [3.05, 3.63) is 64.3 Å². The van der Waals surface area contributed by atoms with Gasteiger partial charge in [0.1, 0.15) is 0 Å². The van der Waals surface area contributed by atoms with Crippen LogP contribution in [0, 0.1) is 0 Å². The summed E-state index contributed by atoms with van der Waals surface area (Å²) in [5.41, 5.74) is 5.12. The van der Waals surface area contributed by atoms with Gasteiger partial charge in [0.05, 0.1) is 4.91 Å². The molecule has 0 unspecified atom stereocenters. The van der Waals surface area contributed by atoms with E-state index in [-0.39, 0.29) is 17.2 Å². The molecule has 1 N–H and O–H groups in total. The highest BCUT2D eigenvalue weighted by Crippen LogP contribution is 2.31. The average Bonchev–Trinajstić information content (AvgIpc) is 3.12. The smallest absolute Gasteiger partial charge is 0.285 e.